The number of benzene rings is 1. The van der Waals surface area contributed by atoms with Gasteiger partial charge in [-0.2, -0.15) is 0 Å². The van der Waals surface area contributed by atoms with Crippen LogP contribution in [0.15, 0.2) is 30.3 Å². The van der Waals surface area contributed by atoms with Crippen LogP contribution in [0.1, 0.15) is 31.2 Å². The van der Waals surface area contributed by atoms with Crippen LogP contribution in [0.3, 0.4) is 0 Å². The summed E-state index contributed by atoms with van der Waals surface area (Å²) in [6.07, 6.45) is 1.16. The Bertz CT molecular complexity index is 585. The van der Waals surface area contributed by atoms with E-state index in [1.165, 1.54) is 4.31 Å². The summed E-state index contributed by atoms with van der Waals surface area (Å²) in [5.41, 5.74) is 0.980. The Kier molecular flexibility index (Phi) is 5.00. The summed E-state index contributed by atoms with van der Waals surface area (Å²) in [5, 5.41) is 9.06. The molecule has 116 valence electrons. The van der Waals surface area contributed by atoms with Gasteiger partial charge in [0.15, 0.2) is 0 Å². The topological polar surface area (TPSA) is 74.7 Å². The highest BCUT2D eigenvalue weighted by Gasteiger charge is 2.33. The van der Waals surface area contributed by atoms with Crippen LogP contribution in [0.4, 0.5) is 0 Å². The molecule has 1 aromatic carbocycles. The molecule has 2 rings (SSSR count). The first-order valence-electron chi connectivity index (χ1n) is 7.15. The molecule has 1 N–H and O–H groups in total. The zero-order chi connectivity index (χ0) is 15.5. The summed E-state index contributed by atoms with van der Waals surface area (Å²) >= 11 is 0. The lowest BCUT2D eigenvalue weighted by atomic mass is 10.0. The molecule has 0 radical (unpaired) electrons. The molecule has 21 heavy (non-hydrogen) atoms. The number of hydrogen-bond donors (Lipinski definition) is 1. The second-order valence-corrected chi connectivity index (χ2v) is 7.64. The number of aliphatic carboxylic acids is 1. The lowest BCUT2D eigenvalue weighted by Crippen LogP contribution is -2.43. The van der Waals surface area contributed by atoms with Crippen LogP contribution in [-0.2, 0) is 14.8 Å². The number of carbonyl (C=O) groups is 1. The third-order valence-electron chi connectivity index (χ3n) is 3.96. The van der Waals surface area contributed by atoms with Gasteiger partial charge in [0.1, 0.15) is 0 Å². The molecule has 0 saturated carbocycles. The molecule has 5 nitrogen and oxygen atoms in total. The quantitative estimate of drug-likeness (QED) is 0.901. The maximum absolute atomic E-state index is 12.5. The maximum Gasteiger partial charge on any atom is 0.307 e. The minimum atomic E-state index is -3.43. The van der Waals surface area contributed by atoms with Crippen molar-refractivity contribution in [2.75, 3.05) is 18.8 Å². The molecule has 1 fully saturated rings. The third-order valence-corrected chi connectivity index (χ3v) is 6.00. The molecule has 2 unspecified atom stereocenters. The second kappa shape index (κ2) is 6.58. The van der Waals surface area contributed by atoms with Crippen LogP contribution < -0.4 is 0 Å². The van der Waals surface area contributed by atoms with E-state index >= 15 is 0 Å². The molecule has 0 aliphatic carbocycles. The van der Waals surface area contributed by atoms with Crippen molar-refractivity contribution in [2.45, 2.75) is 25.7 Å². The molecule has 0 bridgehead atoms. The maximum atomic E-state index is 12.5. The van der Waals surface area contributed by atoms with Gasteiger partial charge in [0, 0.05) is 13.1 Å². The van der Waals surface area contributed by atoms with E-state index in [1.54, 1.807) is 0 Å². The van der Waals surface area contributed by atoms with E-state index in [4.69, 9.17) is 5.11 Å². The third kappa shape index (κ3) is 4.04. The standard InChI is InChI=1S/C15H21NO4S/c1-12(13-6-3-2-4-7-13)11-21(19,20)16-9-5-8-14(10-16)15(17)18/h2-4,6-7,12,14H,5,8-11H2,1H3,(H,17,18). The number of carboxylic acid groups (broad SMARTS) is 1. The lowest BCUT2D eigenvalue weighted by Gasteiger charge is -2.30. The minimum absolute atomic E-state index is 0.0172. The van der Waals surface area contributed by atoms with Gasteiger partial charge in [-0.1, -0.05) is 37.3 Å². The fourth-order valence-corrected chi connectivity index (χ4v) is 4.55. The SMILES string of the molecule is CC(CS(=O)(=O)N1CCCC(C(=O)O)C1)c1ccccc1. The van der Waals surface area contributed by atoms with E-state index in [0.717, 1.165) is 5.56 Å². The highest BCUT2D eigenvalue weighted by atomic mass is 32.2. The van der Waals surface area contributed by atoms with Gasteiger partial charge < -0.3 is 5.11 Å². The summed E-state index contributed by atoms with van der Waals surface area (Å²) in [5.74, 6) is -1.59. The predicted molar refractivity (Wildman–Crippen MR) is 80.6 cm³/mol. The van der Waals surface area contributed by atoms with Crippen molar-refractivity contribution >= 4 is 16.0 Å². The molecule has 1 saturated heterocycles. The highest BCUT2D eigenvalue weighted by Crippen LogP contribution is 2.23. The number of nitrogens with zero attached hydrogens (tertiary/aromatic N) is 1. The fourth-order valence-electron chi connectivity index (χ4n) is 2.70. The molecule has 1 aliphatic heterocycles. The van der Waals surface area contributed by atoms with Crippen molar-refractivity contribution in [1.82, 2.24) is 4.31 Å². The van der Waals surface area contributed by atoms with E-state index in [2.05, 4.69) is 0 Å². The minimum Gasteiger partial charge on any atom is -0.481 e. The lowest BCUT2D eigenvalue weighted by molar-refractivity contribution is -0.142. The summed E-state index contributed by atoms with van der Waals surface area (Å²) < 4.78 is 26.3. The molecular weight excluding hydrogens is 290 g/mol. The molecular formula is C15H21NO4S. The van der Waals surface area contributed by atoms with Crippen LogP contribution in [0, 0.1) is 5.92 Å². The summed E-state index contributed by atoms with van der Waals surface area (Å²) in [6, 6.07) is 9.50. The molecule has 0 aromatic heterocycles. The van der Waals surface area contributed by atoms with E-state index in [0.29, 0.717) is 19.4 Å². The average molecular weight is 311 g/mol. The predicted octanol–water partition coefficient (Wildman–Crippen LogP) is 1.92. The number of rotatable bonds is 5. The Hall–Kier alpha value is -1.40. The van der Waals surface area contributed by atoms with E-state index in [-0.39, 0.29) is 18.2 Å². The first kappa shape index (κ1) is 16.0. The van der Waals surface area contributed by atoms with Crippen LogP contribution >= 0.6 is 0 Å². The zero-order valence-corrected chi connectivity index (χ0v) is 12.9. The average Bonchev–Trinajstić information content (AvgIpc) is 2.48. The van der Waals surface area contributed by atoms with Crippen LogP contribution in [0.2, 0.25) is 0 Å². The molecule has 1 heterocycles. The van der Waals surface area contributed by atoms with Gasteiger partial charge >= 0.3 is 5.97 Å². The monoisotopic (exact) mass is 311 g/mol. The number of carboxylic acids is 1. The molecule has 0 amide bonds. The Morgan fingerprint density at radius 2 is 2.05 bits per heavy atom. The number of sulfonamides is 1. The summed E-state index contributed by atoms with van der Waals surface area (Å²) in [4.78, 5) is 11.0. The smallest absolute Gasteiger partial charge is 0.307 e. The van der Waals surface area contributed by atoms with Gasteiger partial charge in [-0.15, -0.1) is 0 Å². The van der Waals surface area contributed by atoms with Crippen LogP contribution in [0.5, 0.6) is 0 Å². The number of piperidine rings is 1. The molecule has 1 aliphatic rings. The van der Waals surface area contributed by atoms with Crippen LogP contribution in [0.25, 0.3) is 0 Å². The Morgan fingerprint density at radius 1 is 1.38 bits per heavy atom. The first-order chi connectivity index (χ1) is 9.90. The van der Waals surface area contributed by atoms with Crippen molar-refractivity contribution in [2.24, 2.45) is 5.92 Å². The van der Waals surface area contributed by atoms with E-state index in [9.17, 15) is 13.2 Å². The zero-order valence-electron chi connectivity index (χ0n) is 12.1. The fraction of sp³-hybridized carbons (Fsp3) is 0.533. The van der Waals surface area contributed by atoms with E-state index < -0.39 is 21.9 Å². The largest absolute Gasteiger partial charge is 0.481 e. The van der Waals surface area contributed by atoms with Crippen molar-refractivity contribution in [3.63, 3.8) is 0 Å². The number of hydrogen-bond acceptors (Lipinski definition) is 3. The van der Waals surface area contributed by atoms with Crippen LogP contribution in [-0.4, -0.2) is 42.6 Å². The van der Waals surface area contributed by atoms with Gasteiger partial charge in [0.05, 0.1) is 11.7 Å². The first-order valence-corrected chi connectivity index (χ1v) is 8.76. The van der Waals surface area contributed by atoms with E-state index in [1.807, 2.05) is 37.3 Å². The van der Waals surface area contributed by atoms with Crippen molar-refractivity contribution < 1.29 is 18.3 Å². The molecule has 0 spiro atoms. The Morgan fingerprint density at radius 3 is 2.67 bits per heavy atom. The second-order valence-electron chi connectivity index (χ2n) is 5.63. The molecule has 2 atom stereocenters. The highest BCUT2D eigenvalue weighted by molar-refractivity contribution is 7.89. The van der Waals surface area contributed by atoms with Crippen molar-refractivity contribution in [3.05, 3.63) is 35.9 Å². The molecule has 1 aromatic rings. The Balaban J connectivity index is 2.06. The van der Waals surface area contributed by atoms with Gasteiger partial charge in [0.25, 0.3) is 0 Å². The summed E-state index contributed by atoms with van der Waals surface area (Å²) in [6.45, 7) is 2.40. The molecule has 6 heteroatoms. The van der Waals surface area contributed by atoms with Gasteiger partial charge in [-0.25, -0.2) is 12.7 Å². The van der Waals surface area contributed by atoms with Crippen molar-refractivity contribution in [1.29, 1.82) is 0 Å². The van der Waals surface area contributed by atoms with Gasteiger partial charge in [-0.3, -0.25) is 4.79 Å². The normalized spacial score (nSPS) is 21.9. The van der Waals surface area contributed by atoms with Gasteiger partial charge in [0.2, 0.25) is 10.0 Å². The summed E-state index contributed by atoms with van der Waals surface area (Å²) in [7, 11) is -3.43. The Labute approximate surface area is 125 Å². The van der Waals surface area contributed by atoms with Gasteiger partial charge in [-0.05, 0) is 24.3 Å². The van der Waals surface area contributed by atoms with Crippen molar-refractivity contribution in [3.8, 4) is 0 Å².